The molecule has 5 nitrogen and oxygen atoms in total. The van der Waals surface area contributed by atoms with Gasteiger partial charge in [0.25, 0.3) is 5.91 Å². The molecule has 0 radical (unpaired) electrons. The van der Waals surface area contributed by atoms with Gasteiger partial charge in [0.05, 0.1) is 5.25 Å². The number of nitrogens with zero attached hydrogens (tertiary/aromatic N) is 2. The van der Waals surface area contributed by atoms with E-state index < -0.39 is 11.2 Å². The Hall–Kier alpha value is -3.05. The van der Waals surface area contributed by atoms with Crippen LogP contribution in [0.4, 0.5) is 11.4 Å². The van der Waals surface area contributed by atoms with Crippen molar-refractivity contribution < 1.29 is 9.59 Å². The van der Waals surface area contributed by atoms with Crippen molar-refractivity contribution in [1.29, 1.82) is 5.26 Å². The number of benzene rings is 3. The van der Waals surface area contributed by atoms with Crippen molar-refractivity contribution in [1.82, 2.24) is 0 Å². The molecule has 3 aromatic rings. The van der Waals surface area contributed by atoms with Crippen LogP contribution in [0.15, 0.2) is 93.9 Å². The molecule has 1 saturated heterocycles. The third kappa shape index (κ3) is 5.31. The average molecular weight is 539 g/mol. The molecule has 2 amide bonds. The van der Waals surface area contributed by atoms with Gasteiger partial charge in [-0.1, -0.05) is 69.6 Å². The highest BCUT2D eigenvalue weighted by atomic mass is 79.9. The fourth-order valence-corrected chi connectivity index (χ4v) is 5.19. The van der Waals surface area contributed by atoms with Crippen LogP contribution < -0.4 is 10.2 Å². The summed E-state index contributed by atoms with van der Waals surface area (Å²) in [6.45, 7) is 0. The third-order valence-corrected chi connectivity index (χ3v) is 6.96. The van der Waals surface area contributed by atoms with Gasteiger partial charge in [0, 0.05) is 20.9 Å². The number of halogens is 2. The molecular weight excluding hydrogens is 522 g/mol. The predicted molar refractivity (Wildman–Crippen MR) is 136 cm³/mol. The zero-order valence-corrected chi connectivity index (χ0v) is 20.3. The van der Waals surface area contributed by atoms with E-state index in [1.54, 1.807) is 42.5 Å². The number of nitrogens with one attached hydrogen (secondary N) is 1. The standard InChI is InChI=1S/C25H17BrClN3O2S/c26-17-9-11-20(12-10-17)30-24(32)22(14-16-5-4-6-18(27)13-16)33-25(30)21(15-28)23(31)29-19-7-2-1-3-8-19/h1-13,22H,14H2,(H,29,31)/b25-21-/t22-/m0/s1. The molecule has 3 aromatic carbocycles. The number of thioether (sulfide) groups is 1. The van der Waals surface area contributed by atoms with E-state index in [1.165, 1.54) is 16.7 Å². The second-order valence-electron chi connectivity index (χ2n) is 7.20. The van der Waals surface area contributed by atoms with Gasteiger partial charge in [0.2, 0.25) is 5.91 Å². The zero-order chi connectivity index (χ0) is 23.4. The normalized spacial score (nSPS) is 16.9. The lowest BCUT2D eigenvalue weighted by molar-refractivity contribution is -0.117. The molecule has 1 aliphatic rings. The first-order chi connectivity index (χ1) is 16.0. The molecule has 0 spiro atoms. The molecule has 8 heteroatoms. The quantitative estimate of drug-likeness (QED) is 0.312. The van der Waals surface area contributed by atoms with Gasteiger partial charge in [-0.15, -0.1) is 0 Å². The molecule has 4 rings (SSSR count). The molecule has 164 valence electrons. The van der Waals surface area contributed by atoms with E-state index >= 15 is 0 Å². The lowest BCUT2D eigenvalue weighted by Gasteiger charge is -2.19. The number of nitriles is 1. The minimum Gasteiger partial charge on any atom is -0.321 e. The van der Waals surface area contributed by atoms with Crippen molar-refractivity contribution in [2.75, 3.05) is 10.2 Å². The zero-order valence-electron chi connectivity index (χ0n) is 17.2. The van der Waals surface area contributed by atoms with E-state index in [1.807, 2.05) is 42.5 Å². The Morgan fingerprint density at radius 3 is 2.48 bits per heavy atom. The van der Waals surface area contributed by atoms with Crippen molar-refractivity contribution in [2.45, 2.75) is 11.7 Å². The SMILES string of the molecule is N#C/C(C(=O)Nc1ccccc1)=C1/S[C@@H](Cc2cccc(Cl)c2)C(=O)N1c1ccc(Br)cc1. The fourth-order valence-electron chi connectivity index (χ4n) is 3.41. The van der Waals surface area contributed by atoms with Gasteiger partial charge in [0.15, 0.2) is 0 Å². The Balaban J connectivity index is 1.73. The van der Waals surface area contributed by atoms with Crippen LogP contribution >= 0.6 is 39.3 Å². The monoisotopic (exact) mass is 537 g/mol. The number of carbonyl (C=O) groups excluding carboxylic acids is 2. The lowest BCUT2D eigenvalue weighted by atomic mass is 10.1. The van der Waals surface area contributed by atoms with Gasteiger partial charge in [-0.25, -0.2) is 0 Å². The minimum atomic E-state index is -0.565. The van der Waals surface area contributed by atoms with Crippen LogP contribution in [0.5, 0.6) is 0 Å². The molecular formula is C25H17BrClN3O2S. The van der Waals surface area contributed by atoms with E-state index in [0.29, 0.717) is 27.8 Å². The van der Waals surface area contributed by atoms with Gasteiger partial charge in [0.1, 0.15) is 16.7 Å². The Kier molecular flexibility index (Phi) is 7.19. The largest absolute Gasteiger partial charge is 0.321 e. The molecule has 0 aliphatic carbocycles. The molecule has 1 heterocycles. The van der Waals surface area contributed by atoms with Gasteiger partial charge < -0.3 is 5.32 Å². The Bertz CT molecular complexity index is 1270. The molecule has 33 heavy (non-hydrogen) atoms. The summed E-state index contributed by atoms with van der Waals surface area (Å²) in [5.74, 6) is -0.762. The molecule has 1 N–H and O–H groups in total. The van der Waals surface area contributed by atoms with E-state index in [-0.39, 0.29) is 11.5 Å². The van der Waals surface area contributed by atoms with Crippen molar-refractivity contribution in [3.05, 3.63) is 105 Å². The van der Waals surface area contributed by atoms with Gasteiger partial charge >= 0.3 is 0 Å². The number of hydrogen-bond donors (Lipinski definition) is 1. The van der Waals surface area contributed by atoms with Crippen molar-refractivity contribution >= 4 is 62.5 Å². The van der Waals surface area contributed by atoms with Crippen LogP contribution in [0.25, 0.3) is 0 Å². The van der Waals surface area contributed by atoms with Gasteiger partial charge in [-0.2, -0.15) is 5.26 Å². The molecule has 1 aliphatic heterocycles. The number of carbonyl (C=O) groups is 2. The van der Waals surface area contributed by atoms with Crippen molar-refractivity contribution in [2.24, 2.45) is 0 Å². The van der Waals surface area contributed by atoms with E-state index in [0.717, 1.165) is 10.0 Å². The van der Waals surface area contributed by atoms with Crippen molar-refractivity contribution in [3.8, 4) is 6.07 Å². The first-order valence-corrected chi connectivity index (χ1v) is 12.0. The predicted octanol–water partition coefficient (Wildman–Crippen LogP) is 6.17. The summed E-state index contributed by atoms with van der Waals surface area (Å²) in [5.41, 5.74) is 1.93. The molecule has 0 saturated carbocycles. The highest BCUT2D eigenvalue weighted by Gasteiger charge is 2.40. The smallest absolute Gasteiger partial charge is 0.269 e. The Labute approximate surface area is 209 Å². The second kappa shape index (κ2) is 10.3. The van der Waals surface area contributed by atoms with Crippen LogP contribution in [0, 0.1) is 11.3 Å². The first kappa shape index (κ1) is 23.1. The minimum absolute atomic E-state index is 0.117. The van der Waals surface area contributed by atoms with Crippen LogP contribution in [-0.2, 0) is 16.0 Å². The van der Waals surface area contributed by atoms with Crippen LogP contribution in [0.3, 0.4) is 0 Å². The van der Waals surface area contributed by atoms with Crippen molar-refractivity contribution in [3.63, 3.8) is 0 Å². The molecule has 0 unspecified atom stereocenters. The summed E-state index contributed by atoms with van der Waals surface area (Å²) in [4.78, 5) is 27.9. The molecule has 0 bridgehead atoms. The maximum absolute atomic E-state index is 13.5. The number of anilines is 2. The van der Waals surface area contributed by atoms with E-state index in [9.17, 15) is 14.9 Å². The van der Waals surface area contributed by atoms with Crippen LogP contribution in [0.1, 0.15) is 5.56 Å². The number of amides is 2. The fraction of sp³-hybridized carbons (Fsp3) is 0.0800. The lowest BCUT2D eigenvalue weighted by Crippen LogP contribution is -2.30. The third-order valence-electron chi connectivity index (χ3n) is 4.93. The number of para-hydroxylation sites is 1. The summed E-state index contributed by atoms with van der Waals surface area (Å²) >= 11 is 10.7. The van der Waals surface area contributed by atoms with E-state index in [2.05, 4.69) is 21.2 Å². The number of rotatable bonds is 5. The molecule has 1 atom stereocenters. The number of hydrogen-bond acceptors (Lipinski definition) is 4. The Morgan fingerprint density at radius 1 is 1.09 bits per heavy atom. The van der Waals surface area contributed by atoms with Gasteiger partial charge in [-0.3, -0.25) is 14.5 Å². The summed E-state index contributed by atoms with van der Waals surface area (Å²) in [5, 5.41) is 13.0. The summed E-state index contributed by atoms with van der Waals surface area (Å²) < 4.78 is 0.855. The summed E-state index contributed by atoms with van der Waals surface area (Å²) in [7, 11) is 0. The van der Waals surface area contributed by atoms with E-state index in [4.69, 9.17) is 11.6 Å². The molecule has 0 aromatic heterocycles. The second-order valence-corrected chi connectivity index (χ2v) is 9.75. The maximum atomic E-state index is 13.5. The topological polar surface area (TPSA) is 73.2 Å². The highest BCUT2D eigenvalue weighted by molar-refractivity contribution is 9.10. The van der Waals surface area contributed by atoms with Crippen LogP contribution in [0.2, 0.25) is 5.02 Å². The summed E-state index contributed by atoms with van der Waals surface area (Å²) in [6, 6.07) is 25.4. The maximum Gasteiger partial charge on any atom is 0.269 e. The molecule has 1 fully saturated rings. The highest BCUT2D eigenvalue weighted by Crippen LogP contribution is 2.42. The summed E-state index contributed by atoms with van der Waals surface area (Å²) in [6.07, 6.45) is 0.416. The van der Waals surface area contributed by atoms with Crippen LogP contribution in [-0.4, -0.2) is 17.1 Å². The Morgan fingerprint density at radius 2 is 1.82 bits per heavy atom. The average Bonchev–Trinajstić information content (AvgIpc) is 3.11. The van der Waals surface area contributed by atoms with Gasteiger partial charge in [-0.05, 0) is 60.5 Å². The first-order valence-electron chi connectivity index (χ1n) is 9.97.